The lowest BCUT2D eigenvalue weighted by molar-refractivity contribution is -0.128. The highest BCUT2D eigenvalue weighted by Crippen LogP contribution is 2.54. The van der Waals surface area contributed by atoms with Crippen molar-refractivity contribution in [3.8, 4) is 0 Å². The van der Waals surface area contributed by atoms with Crippen LogP contribution in [0.4, 0.5) is 4.39 Å². The van der Waals surface area contributed by atoms with Gasteiger partial charge >= 0.3 is 0 Å². The fraction of sp³-hybridized carbons (Fsp3) is 0.900. The van der Waals surface area contributed by atoms with Gasteiger partial charge in [-0.05, 0) is 12.8 Å². The van der Waals surface area contributed by atoms with E-state index in [1.807, 2.05) is 13.8 Å². The molecule has 1 heterocycles. The minimum atomic E-state index is -0.758. The minimum absolute atomic E-state index is 0.0106. The first-order valence-corrected chi connectivity index (χ1v) is 5.04. The SMILES string of the molecule is CC.CC(=O)N1C[C@H](F)C2(CC2)C1. The molecule has 0 aromatic rings. The van der Waals surface area contributed by atoms with Gasteiger partial charge in [0.25, 0.3) is 0 Å². The molecule has 76 valence electrons. The predicted octanol–water partition coefficient (Wildman–Crippen LogP) is 1.99. The van der Waals surface area contributed by atoms with Gasteiger partial charge in [0.15, 0.2) is 0 Å². The van der Waals surface area contributed by atoms with Crippen LogP contribution in [0.15, 0.2) is 0 Å². The van der Waals surface area contributed by atoms with Crippen molar-refractivity contribution in [1.82, 2.24) is 4.90 Å². The van der Waals surface area contributed by atoms with E-state index in [1.165, 1.54) is 6.92 Å². The Labute approximate surface area is 79.1 Å². The summed E-state index contributed by atoms with van der Waals surface area (Å²) in [4.78, 5) is 12.5. The number of rotatable bonds is 0. The van der Waals surface area contributed by atoms with Crippen molar-refractivity contribution < 1.29 is 9.18 Å². The van der Waals surface area contributed by atoms with Crippen molar-refractivity contribution in [2.45, 2.75) is 39.8 Å². The minimum Gasteiger partial charge on any atom is -0.339 e. The summed E-state index contributed by atoms with van der Waals surface area (Å²) in [6, 6.07) is 0. The quantitative estimate of drug-likeness (QED) is 0.568. The monoisotopic (exact) mass is 187 g/mol. The summed E-state index contributed by atoms with van der Waals surface area (Å²) >= 11 is 0. The summed E-state index contributed by atoms with van der Waals surface area (Å²) < 4.78 is 13.2. The Balaban J connectivity index is 0.000000396. The van der Waals surface area contributed by atoms with Gasteiger partial charge in [-0.25, -0.2) is 4.39 Å². The van der Waals surface area contributed by atoms with Crippen molar-refractivity contribution in [3.05, 3.63) is 0 Å². The molecule has 1 atom stereocenters. The third-order valence-electron chi connectivity index (χ3n) is 2.89. The molecular weight excluding hydrogens is 169 g/mol. The fourth-order valence-corrected chi connectivity index (χ4v) is 1.80. The van der Waals surface area contributed by atoms with Crippen molar-refractivity contribution >= 4 is 5.91 Å². The highest BCUT2D eigenvalue weighted by atomic mass is 19.1. The number of likely N-dealkylation sites (tertiary alicyclic amines) is 1. The molecular formula is C10H18FNO. The first-order valence-electron chi connectivity index (χ1n) is 5.04. The highest BCUT2D eigenvalue weighted by Gasteiger charge is 2.56. The van der Waals surface area contributed by atoms with Gasteiger partial charge in [-0.15, -0.1) is 0 Å². The first-order chi connectivity index (χ1) is 6.14. The Hall–Kier alpha value is -0.600. The first kappa shape index (κ1) is 10.5. The number of nitrogens with zero attached hydrogens (tertiary/aromatic N) is 1. The summed E-state index contributed by atoms with van der Waals surface area (Å²) in [7, 11) is 0. The van der Waals surface area contributed by atoms with Crippen molar-refractivity contribution in [2.24, 2.45) is 5.41 Å². The summed E-state index contributed by atoms with van der Waals surface area (Å²) in [6.07, 6.45) is 1.18. The number of alkyl halides is 1. The van der Waals surface area contributed by atoms with E-state index < -0.39 is 6.17 Å². The Kier molecular flexibility index (Phi) is 2.94. The smallest absolute Gasteiger partial charge is 0.219 e. The van der Waals surface area contributed by atoms with Crippen LogP contribution in [0.2, 0.25) is 0 Å². The van der Waals surface area contributed by atoms with E-state index in [1.54, 1.807) is 4.90 Å². The number of halogens is 1. The molecule has 0 radical (unpaired) electrons. The van der Waals surface area contributed by atoms with Gasteiger partial charge < -0.3 is 4.90 Å². The van der Waals surface area contributed by atoms with E-state index in [2.05, 4.69) is 0 Å². The molecule has 1 saturated heterocycles. The molecule has 2 rings (SSSR count). The second kappa shape index (κ2) is 3.64. The van der Waals surface area contributed by atoms with Crippen molar-refractivity contribution in [2.75, 3.05) is 13.1 Å². The molecule has 1 spiro atoms. The zero-order chi connectivity index (χ0) is 10.1. The Morgan fingerprint density at radius 1 is 1.46 bits per heavy atom. The third-order valence-corrected chi connectivity index (χ3v) is 2.89. The maximum Gasteiger partial charge on any atom is 0.219 e. The topological polar surface area (TPSA) is 20.3 Å². The van der Waals surface area contributed by atoms with Gasteiger partial charge in [-0.3, -0.25) is 4.79 Å². The summed E-state index contributed by atoms with van der Waals surface area (Å²) in [6.45, 7) is 6.49. The molecule has 2 fully saturated rings. The molecule has 0 N–H and O–H groups in total. The summed E-state index contributed by atoms with van der Waals surface area (Å²) in [5.41, 5.74) is -0.105. The van der Waals surface area contributed by atoms with Crippen LogP contribution in [0.1, 0.15) is 33.6 Å². The van der Waals surface area contributed by atoms with Crippen LogP contribution in [0, 0.1) is 5.41 Å². The number of carbonyl (C=O) groups is 1. The van der Waals surface area contributed by atoms with Crippen molar-refractivity contribution in [3.63, 3.8) is 0 Å². The molecule has 1 aliphatic carbocycles. The lowest BCUT2D eigenvalue weighted by Crippen LogP contribution is -2.26. The van der Waals surface area contributed by atoms with Crippen LogP contribution in [0.5, 0.6) is 0 Å². The molecule has 1 amide bonds. The van der Waals surface area contributed by atoms with Crippen LogP contribution in [-0.4, -0.2) is 30.1 Å². The molecule has 1 saturated carbocycles. The maximum absolute atomic E-state index is 13.2. The number of hydrogen-bond donors (Lipinski definition) is 0. The van der Waals surface area contributed by atoms with Gasteiger partial charge in [0.1, 0.15) is 6.17 Å². The standard InChI is InChI=1S/C8H12FNO.C2H6/c1-6(11)10-4-7(9)8(5-10)2-3-8;1-2/h7H,2-5H2,1H3;1-2H3/t7-;/m0./s1. The molecule has 0 unspecified atom stereocenters. The van der Waals surface area contributed by atoms with E-state index in [0.29, 0.717) is 13.1 Å². The van der Waals surface area contributed by atoms with Crippen LogP contribution in [0.3, 0.4) is 0 Å². The van der Waals surface area contributed by atoms with Crippen molar-refractivity contribution in [1.29, 1.82) is 0 Å². The lowest BCUT2D eigenvalue weighted by atomic mass is 10.1. The largest absolute Gasteiger partial charge is 0.339 e. The van der Waals surface area contributed by atoms with Gasteiger partial charge in [0.05, 0.1) is 6.54 Å². The molecule has 0 bridgehead atoms. The van der Waals surface area contributed by atoms with Crippen LogP contribution < -0.4 is 0 Å². The van der Waals surface area contributed by atoms with Crippen LogP contribution >= 0.6 is 0 Å². The fourth-order valence-electron chi connectivity index (χ4n) is 1.80. The van der Waals surface area contributed by atoms with E-state index in [9.17, 15) is 9.18 Å². The van der Waals surface area contributed by atoms with Gasteiger partial charge in [0.2, 0.25) is 5.91 Å². The average molecular weight is 187 g/mol. The van der Waals surface area contributed by atoms with Gasteiger partial charge in [-0.2, -0.15) is 0 Å². The van der Waals surface area contributed by atoms with Crippen LogP contribution in [-0.2, 0) is 4.79 Å². The predicted molar refractivity (Wildman–Crippen MR) is 50.2 cm³/mol. The molecule has 3 heteroatoms. The highest BCUT2D eigenvalue weighted by molar-refractivity contribution is 5.73. The Morgan fingerprint density at radius 3 is 2.23 bits per heavy atom. The van der Waals surface area contributed by atoms with Gasteiger partial charge in [-0.1, -0.05) is 13.8 Å². The Bertz CT molecular complexity index is 201. The van der Waals surface area contributed by atoms with E-state index in [0.717, 1.165) is 12.8 Å². The van der Waals surface area contributed by atoms with E-state index >= 15 is 0 Å². The zero-order valence-corrected chi connectivity index (χ0v) is 8.64. The molecule has 2 nitrogen and oxygen atoms in total. The average Bonchev–Trinajstić information content (AvgIpc) is 2.80. The van der Waals surface area contributed by atoms with E-state index in [4.69, 9.17) is 0 Å². The zero-order valence-electron chi connectivity index (χ0n) is 8.64. The normalized spacial score (nSPS) is 28.3. The molecule has 0 aromatic carbocycles. The molecule has 2 aliphatic rings. The second-order valence-corrected chi connectivity index (χ2v) is 3.73. The lowest BCUT2D eigenvalue weighted by Gasteiger charge is -2.11. The molecule has 1 aliphatic heterocycles. The van der Waals surface area contributed by atoms with Crippen LogP contribution in [0.25, 0.3) is 0 Å². The number of carbonyl (C=O) groups excluding carboxylic acids is 1. The Morgan fingerprint density at radius 2 is 2.00 bits per heavy atom. The molecule has 13 heavy (non-hydrogen) atoms. The number of hydrogen-bond acceptors (Lipinski definition) is 1. The summed E-state index contributed by atoms with van der Waals surface area (Å²) in [5.74, 6) is 0.0106. The second-order valence-electron chi connectivity index (χ2n) is 3.73. The number of amides is 1. The van der Waals surface area contributed by atoms with Gasteiger partial charge in [0, 0.05) is 18.9 Å². The van der Waals surface area contributed by atoms with E-state index in [-0.39, 0.29) is 11.3 Å². The third kappa shape index (κ3) is 1.84. The molecule has 0 aromatic heterocycles. The maximum atomic E-state index is 13.2. The summed E-state index contributed by atoms with van der Waals surface area (Å²) in [5, 5.41) is 0.